The zero-order valence-electron chi connectivity index (χ0n) is 8.44. The summed E-state index contributed by atoms with van der Waals surface area (Å²) >= 11 is 1.71. The minimum Gasteiger partial charge on any atom is -0.504 e. The van der Waals surface area contributed by atoms with Gasteiger partial charge in [0.1, 0.15) is 0 Å². The van der Waals surface area contributed by atoms with Crippen LogP contribution in [-0.2, 0) is 4.74 Å². The van der Waals surface area contributed by atoms with Crippen molar-refractivity contribution in [3.05, 3.63) is 53.7 Å². The Balaban J connectivity index is 2.51. The molecule has 0 saturated carbocycles. The topological polar surface area (TPSA) is 9.23 Å². The average Bonchev–Trinajstić information content (AvgIpc) is 2.25. The average molecular weight is 206 g/mol. The first kappa shape index (κ1) is 10.9. The van der Waals surface area contributed by atoms with E-state index in [1.54, 1.807) is 25.1 Å². The molecular formula is C12H14OS. The molecule has 0 fully saturated rings. The molecular weight excluding hydrogens is 192 g/mol. The van der Waals surface area contributed by atoms with Crippen LogP contribution in [0.3, 0.4) is 0 Å². The Labute approximate surface area is 89.5 Å². The fraction of sp³-hybridized carbons (Fsp3) is 0.167. The number of hydrogen-bond donors (Lipinski definition) is 0. The summed E-state index contributed by atoms with van der Waals surface area (Å²) in [5, 5.41) is 2.10. The molecule has 0 spiro atoms. The lowest BCUT2D eigenvalue weighted by atomic mass is 10.3. The van der Waals surface area contributed by atoms with Gasteiger partial charge in [-0.05, 0) is 36.1 Å². The standard InChI is InChI=1S/C12H14OS/c1-11(8-9-13-2)10-14-12-6-4-3-5-7-12/h3-10H,1-2H3. The monoisotopic (exact) mass is 206 g/mol. The zero-order valence-corrected chi connectivity index (χ0v) is 9.25. The number of thioether (sulfide) groups is 1. The zero-order chi connectivity index (χ0) is 10.2. The highest BCUT2D eigenvalue weighted by Gasteiger charge is 1.88. The molecule has 0 heterocycles. The van der Waals surface area contributed by atoms with Crippen LogP contribution in [0.4, 0.5) is 0 Å². The van der Waals surface area contributed by atoms with Crippen molar-refractivity contribution in [3.8, 4) is 0 Å². The molecule has 0 saturated heterocycles. The van der Waals surface area contributed by atoms with Crippen LogP contribution in [0.5, 0.6) is 0 Å². The van der Waals surface area contributed by atoms with E-state index in [0.717, 1.165) is 0 Å². The van der Waals surface area contributed by atoms with Gasteiger partial charge in [0.2, 0.25) is 0 Å². The number of hydrogen-bond acceptors (Lipinski definition) is 2. The van der Waals surface area contributed by atoms with Gasteiger partial charge in [-0.25, -0.2) is 0 Å². The second-order valence-electron chi connectivity index (χ2n) is 2.83. The summed E-state index contributed by atoms with van der Waals surface area (Å²) in [6.07, 6.45) is 3.62. The van der Waals surface area contributed by atoms with Crippen molar-refractivity contribution in [1.29, 1.82) is 0 Å². The normalized spacial score (nSPS) is 12.0. The summed E-state index contributed by atoms with van der Waals surface area (Å²) in [4.78, 5) is 1.25. The van der Waals surface area contributed by atoms with Crippen LogP contribution >= 0.6 is 11.8 Å². The number of ether oxygens (including phenoxy) is 1. The lowest BCUT2D eigenvalue weighted by Crippen LogP contribution is -1.70. The van der Waals surface area contributed by atoms with Gasteiger partial charge < -0.3 is 4.74 Å². The van der Waals surface area contributed by atoms with E-state index in [-0.39, 0.29) is 0 Å². The van der Waals surface area contributed by atoms with Crippen LogP contribution in [0.15, 0.2) is 58.5 Å². The van der Waals surface area contributed by atoms with Gasteiger partial charge in [-0.3, -0.25) is 0 Å². The van der Waals surface area contributed by atoms with Gasteiger partial charge in [-0.15, -0.1) is 0 Å². The third-order valence-corrected chi connectivity index (χ3v) is 2.63. The molecule has 1 aromatic rings. The number of benzene rings is 1. The van der Waals surface area contributed by atoms with E-state index < -0.39 is 0 Å². The molecule has 0 unspecified atom stereocenters. The molecule has 14 heavy (non-hydrogen) atoms. The summed E-state index contributed by atoms with van der Waals surface area (Å²) in [5.74, 6) is 0. The summed E-state index contributed by atoms with van der Waals surface area (Å²) in [6.45, 7) is 2.05. The summed E-state index contributed by atoms with van der Waals surface area (Å²) in [7, 11) is 1.65. The molecule has 0 aromatic heterocycles. The van der Waals surface area contributed by atoms with Gasteiger partial charge in [0.25, 0.3) is 0 Å². The van der Waals surface area contributed by atoms with Crippen molar-refractivity contribution < 1.29 is 4.74 Å². The maximum atomic E-state index is 4.83. The Morgan fingerprint density at radius 1 is 1.29 bits per heavy atom. The Kier molecular flexibility index (Phi) is 4.94. The van der Waals surface area contributed by atoms with Crippen molar-refractivity contribution in [2.75, 3.05) is 7.11 Å². The maximum absolute atomic E-state index is 4.83. The van der Waals surface area contributed by atoms with Crippen LogP contribution in [0.1, 0.15) is 6.92 Å². The van der Waals surface area contributed by atoms with Crippen molar-refractivity contribution >= 4 is 11.8 Å². The van der Waals surface area contributed by atoms with E-state index in [9.17, 15) is 0 Å². The van der Waals surface area contributed by atoms with Gasteiger partial charge in [0.15, 0.2) is 0 Å². The first-order valence-corrected chi connectivity index (χ1v) is 5.28. The minimum atomic E-state index is 1.18. The van der Waals surface area contributed by atoms with E-state index >= 15 is 0 Å². The summed E-state index contributed by atoms with van der Waals surface area (Å²) in [6, 6.07) is 10.3. The first-order valence-electron chi connectivity index (χ1n) is 4.41. The quantitative estimate of drug-likeness (QED) is 0.420. The van der Waals surface area contributed by atoms with E-state index in [1.165, 1.54) is 10.5 Å². The third kappa shape index (κ3) is 4.19. The van der Waals surface area contributed by atoms with Crippen LogP contribution in [-0.4, -0.2) is 7.11 Å². The molecule has 0 radical (unpaired) electrons. The third-order valence-electron chi connectivity index (χ3n) is 1.59. The van der Waals surface area contributed by atoms with Crippen molar-refractivity contribution in [3.63, 3.8) is 0 Å². The predicted molar refractivity (Wildman–Crippen MR) is 62.2 cm³/mol. The number of methoxy groups -OCH3 is 1. The second-order valence-corrected chi connectivity index (χ2v) is 3.77. The largest absolute Gasteiger partial charge is 0.504 e. The minimum absolute atomic E-state index is 1.18. The van der Waals surface area contributed by atoms with Gasteiger partial charge in [-0.2, -0.15) is 0 Å². The Hall–Kier alpha value is -1.15. The molecule has 0 aliphatic heterocycles. The molecule has 1 aromatic carbocycles. The van der Waals surface area contributed by atoms with Crippen LogP contribution < -0.4 is 0 Å². The van der Waals surface area contributed by atoms with E-state index in [1.807, 2.05) is 31.2 Å². The molecule has 0 amide bonds. The number of allylic oxidation sites excluding steroid dienone is 2. The first-order chi connectivity index (χ1) is 6.83. The van der Waals surface area contributed by atoms with E-state index in [0.29, 0.717) is 0 Å². The lowest BCUT2D eigenvalue weighted by molar-refractivity contribution is 0.338. The Morgan fingerprint density at radius 3 is 2.64 bits per heavy atom. The molecule has 1 rings (SSSR count). The molecule has 74 valence electrons. The van der Waals surface area contributed by atoms with Crippen LogP contribution in [0, 0.1) is 0 Å². The van der Waals surface area contributed by atoms with Gasteiger partial charge in [0, 0.05) is 4.90 Å². The molecule has 0 aliphatic carbocycles. The second kappa shape index (κ2) is 6.33. The fourth-order valence-electron chi connectivity index (χ4n) is 0.875. The highest BCUT2D eigenvalue weighted by Crippen LogP contribution is 2.20. The molecule has 0 aliphatic rings. The van der Waals surface area contributed by atoms with Gasteiger partial charge in [-0.1, -0.05) is 30.0 Å². The van der Waals surface area contributed by atoms with Crippen LogP contribution in [0.2, 0.25) is 0 Å². The predicted octanol–water partition coefficient (Wildman–Crippen LogP) is 3.84. The molecule has 0 atom stereocenters. The molecule has 2 heteroatoms. The molecule has 1 nitrogen and oxygen atoms in total. The summed E-state index contributed by atoms with van der Waals surface area (Å²) in [5.41, 5.74) is 1.18. The van der Waals surface area contributed by atoms with E-state index in [4.69, 9.17) is 4.74 Å². The van der Waals surface area contributed by atoms with Crippen molar-refractivity contribution in [2.24, 2.45) is 0 Å². The SMILES string of the molecule is COC=CC(C)=CSc1ccccc1. The number of rotatable bonds is 4. The van der Waals surface area contributed by atoms with Crippen molar-refractivity contribution in [1.82, 2.24) is 0 Å². The Bertz CT molecular complexity index is 314. The summed E-state index contributed by atoms with van der Waals surface area (Å²) < 4.78 is 4.83. The fourth-order valence-corrected chi connectivity index (χ4v) is 1.59. The molecule has 0 bridgehead atoms. The smallest absolute Gasteiger partial charge is 0.0827 e. The van der Waals surface area contributed by atoms with Crippen LogP contribution in [0.25, 0.3) is 0 Å². The Morgan fingerprint density at radius 2 is 2.00 bits per heavy atom. The van der Waals surface area contributed by atoms with E-state index in [2.05, 4.69) is 17.5 Å². The highest BCUT2D eigenvalue weighted by atomic mass is 32.2. The van der Waals surface area contributed by atoms with Gasteiger partial charge >= 0.3 is 0 Å². The highest BCUT2D eigenvalue weighted by molar-refractivity contribution is 8.02. The maximum Gasteiger partial charge on any atom is 0.0827 e. The van der Waals surface area contributed by atoms with Crippen molar-refractivity contribution in [2.45, 2.75) is 11.8 Å². The lowest BCUT2D eigenvalue weighted by Gasteiger charge is -1.95. The molecule has 0 N–H and O–H groups in total. The van der Waals surface area contributed by atoms with Gasteiger partial charge in [0.05, 0.1) is 13.4 Å².